The molecular formula is C39H58N2O3. The zero-order chi connectivity index (χ0) is 31.0. The summed E-state index contributed by atoms with van der Waals surface area (Å²) in [7, 11) is 0. The average Bonchev–Trinajstić information content (AvgIpc) is 3.37. The smallest absolute Gasteiger partial charge is 0.0893 e. The van der Waals surface area contributed by atoms with Crippen molar-refractivity contribution in [3.05, 3.63) is 60.2 Å². The number of fused-ring (bicyclic) bond motifs is 5. The first-order valence-corrected chi connectivity index (χ1v) is 17.8. The minimum Gasteiger partial charge on any atom is -0.390 e. The Morgan fingerprint density at radius 3 is 2.11 bits per heavy atom. The molecule has 0 bridgehead atoms. The molecule has 4 fully saturated rings. The van der Waals surface area contributed by atoms with Crippen molar-refractivity contribution in [1.82, 2.24) is 9.97 Å². The van der Waals surface area contributed by atoms with Crippen LogP contribution < -0.4 is 0 Å². The summed E-state index contributed by atoms with van der Waals surface area (Å²) >= 11 is 0. The average molecular weight is 603 g/mol. The minimum atomic E-state index is -0.546. The monoisotopic (exact) mass is 602 g/mol. The third-order valence-electron chi connectivity index (χ3n) is 13.2. The van der Waals surface area contributed by atoms with Crippen LogP contribution in [0.4, 0.5) is 0 Å². The summed E-state index contributed by atoms with van der Waals surface area (Å²) in [6, 6.07) is 12.2. The van der Waals surface area contributed by atoms with Gasteiger partial charge in [-0.2, -0.15) is 0 Å². The van der Waals surface area contributed by atoms with Crippen LogP contribution in [0.25, 0.3) is 0 Å². The lowest BCUT2D eigenvalue weighted by atomic mass is 9.44. The summed E-state index contributed by atoms with van der Waals surface area (Å²) in [5.74, 6) is 4.55. The fourth-order valence-corrected chi connectivity index (χ4v) is 11.0. The van der Waals surface area contributed by atoms with Crippen LogP contribution >= 0.6 is 0 Å². The number of nitrogens with zero attached hydrogens (tertiary/aromatic N) is 2. The van der Waals surface area contributed by atoms with E-state index in [0.717, 1.165) is 60.2 Å². The van der Waals surface area contributed by atoms with Crippen molar-refractivity contribution < 1.29 is 14.6 Å². The molecule has 2 aromatic heterocycles. The number of aromatic nitrogens is 2. The van der Waals surface area contributed by atoms with E-state index in [2.05, 4.69) is 48.9 Å². The fourth-order valence-electron chi connectivity index (χ4n) is 11.0. The highest BCUT2D eigenvalue weighted by Gasteiger charge is 2.62. The van der Waals surface area contributed by atoms with Crippen LogP contribution in [0.3, 0.4) is 0 Å². The van der Waals surface area contributed by atoms with Gasteiger partial charge >= 0.3 is 0 Å². The van der Waals surface area contributed by atoms with Gasteiger partial charge in [-0.05, 0) is 142 Å². The van der Waals surface area contributed by atoms with Gasteiger partial charge in [0, 0.05) is 12.4 Å². The summed E-state index contributed by atoms with van der Waals surface area (Å²) in [4.78, 5) is 9.10. The van der Waals surface area contributed by atoms with Gasteiger partial charge < -0.3 is 14.6 Å². The van der Waals surface area contributed by atoms with Gasteiger partial charge in [0.2, 0.25) is 0 Å². The van der Waals surface area contributed by atoms with Crippen molar-refractivity contribution in [3.8, 4) is 0 Å². The second-order valence-corrected chi connectivity index (χ2v) is 16.3. The molecule has 5 nitrogen and oxygen atoms in total. The van der Waals surface area contributed by atoms with Crippen molar-refractivity contribution in [2.24, 2.45) is 46.3 Å². The molecule has 4 saturated carbocycles. The SMILES string of the molecule is C[C@H](CCCC(C)(C)O)[C@H]1CC[C@H]2[C@@H]3CC[C@H]4[C@@H](OCc5ccccn5)[C@@H](OCc5ccccn5)CC[C@]4(C)[C@H]3CC[C@]12C. The standard InChI is InChI=1S/C39H58N2O3/c1-27(11-10-20-37(2,3)42)31-16-17-32-30-14-15-34-36(44-26-29-13-7-9-24-41-29)35(43-25-28-12-6-8-23-40-28)19-22-39(34,5)33(30)18-21-38(31,32)4/h6-9,12-13,23-24,27,30-36,42H,10-11,14-22,25-26H2,1-5H3/t27-,30+,31-,32+,33+,34+,35+,36-,38-,39-/m1/s1. The Hall–Kier alpha value is -1.82. The van der Waals surface area contributed by atoms with Gasteiger partial charge in [-0.1, -0.05) is 45.7 Å². The molecule has 5 heteroatoms. The normalized spacial score (nSPS) is 37.5. The molecule has 10 atom stereocenters. The highest BCUT2D eigenvalue weighted by Crippen LogP contribution is 2.68. The van der Waals surface area contributed by atoms with Crippen LogP contribution in [-0.2, 0) is 22.7 Å². The first-order valence-electron chi connectivity index (χ1n) is 17.8. The van der Waals surface area contributed by atoms with E-state index in [1.165, 1.54) is 51.4 Å². The Bertz CT molecular complexity index is 1200. The second kappa shape index (κ2) is 13.1. The number of ether oxygens (including phenoxy) is 2. The van der Waals surface area contributed by atoms with Gasteiger partial charge in [0.25, 0.3) is 0 Å². The second-order valence-electron chi connectivity index (χ2n) is 16.3. The number of hydrogen-bond donors (Lipinski definition) is 1. The van der Waals surface area contributed by atoms with Crippen molar-refractivity contribution in [2.75, 3.05) is 0 Å². The number of hydrogen-bond acceptors (Lipinski definition) is 5. The Labute approximate surface area is 267 Å². The summed E-state index contributed by atoms with van der Waals surface area (Å²) in [5, 5.41) is 10.3. The van der Waals surface area contributed by atoms with Crippen molar-refractivity contribution >= 4 is 0 Å². The lowest BCUT2D eigenvalue weighted by molar-refractivity contribution is -0.206. The van der Waals surface area contributed by atoms with Gasteiger partial charge in [-0.15, -0.1) is 0 Å². The van der Waals surface area contributed by atoms with Crippen LogP contribution in [-0.4, -0.2) is 32.9 Å². The van der Waals surface area contributed by atoms with E-state index in [-0.39, 0.29) is 12.2 Å². The van der Waals surface area contributed by atoms with E-state index in [1.54, 1.807) is 0 Å². The van der Waals surface area contributed by atoms with Crippen molar-refractivity contribution in [1.29, 1.82) is 0 Å². The molecule has 4 aliphatic carbocycles. The Morgan fingerprint density at radius 2 is 1.45 bits per heavy atom. The lowest BCUT2D eigenvalue weighted by Crippen LogP contribution is -2.59. The largest absolute Gasteiger partial charge is 0.390 e. The zero-order valence-corrected chi connectivity index (χ0v) is 28.1. The highest BCUT2D eigenvalue weighted by atomic mass is 16.5. The predicted octanol–water partition coefficient (Wildman–Crippen LogP) is 8.79. The Kier molecular flexibility index (Phi) is 9.58. The molecule has 0 radical (unpaired) electrons. The topological polar surface area (TPSA) is 64.5 Å². The number of aliphatic hydroxyl groups is 1. The summed E-state index contributed by atoms with van der Waals surface area (Å²) < 4.78 is 13.5. The molecule has 0 unspecified atom stereocenters. The molecule has 0 aromatic carbocycles. The minimum absolute atomic E-state index is 0.0841. The van der Waals surface area contributed by atoms with E-state index in [9.17, 15) is 5.11 Å². The van der Waals surface area contributed by atoms with Crippen LogP contribution in [0.2, 0.25) is 0 Å². The maximum absolute atomic E-state index is 10.3. The van der Waals surface area contributed by atoms with E-state index in [0.29, 0.717) is 30.0 Å². The first-order chi connectivity index (χ1) is 21.1. The molecule has 6 rings (SSSR count). The molecule has 0 saturated heterocycles. The van der Waals surface area contributed by atoms with Gasteiger partial charge in [0.05, 0.1) is 42.4 Å². The van der Waals surface area contributed by atoms with Crippen LogP contribution in [0.15, 0.2) is 48.8 Å². The molecule has 4 aliphatic rings. The third-order valence-corrected chi connectivity index (χ3v) is 13.2. The molecule has 44 heavy (non-hydrogen) atoms. The van der Waals surface area contributed by atoms with E-state index in [1.807, 2.05) is 44.4 Å². The van der Waals surface area contributed by atoms with E-state index >= 15 is 0 Å². The molecule has 0 amide bonds. The van der Waals surface area contributed by atoms with E-state index < -0.39 is 5.60 Å². The molecule has 2 aromatic rings. The molecule has 242 valence electrons. The van der Waals surface area contributed by atoms with Crippen LogP contribution in [0.1, 0.15) is 117 Å². The third kappa shape index (κ3) is 6.53. The molecule has 2 heterocycles. The van der Waals surface area contributed by atoms with Crippen LogP contribution in [0.5, 0.6) is 0 Å². The maximum atomic E-state index is 10.3. The quantitative estimate of drug-likeness (QED) is 0.278. The van der Waals surface area contributed by atoms with Crippen molar-refractivity contribution in [3.63, 3.8) is 0 Å². The number of pyridine rings is 2. The first kappa shape index (κ1) is 32.1. The van der Waals surface area contributed by atoms with Gasteiger partial charge in [0.15, 0.2) is 0 Å². The van der Waals surface area contributed by atoms with Gasteiger partial charge in [0.1, 0.15) is 0 Å². The van der Waals surface area contributed by atoms with Gasteiger partial charge in [-0.3, -0.25) is 9.97 Å². The molecule has 0 aliphatic heterocycles. The zero-order valence-electron chi connectivity index (χ0n) is 28.1. The molecular weight excluding hydrogens is 544 g/mol. The summed E-state index contributed by atoms with van der Waals surface area (Å²) in [5.41, 5.74) is 2.20. The molecule has 1 N–H and O–H groups in total. The van der Waals surface area contributed by atoms with Crippen LogP contribution in [0, 0.1) is 46.3 Å². The Balaban J connectivity index is 1.17. The van der Waals surface area contributed by atoms with E-state index in [4.69, 9.17) is 9.47 Å². The highest BCUT2D eigenvalue weighted by molar-refractivity contribution is 5.12. The fraction of sp³-hybridized carbons (Fsp3) is 0.744. The summed E-state index contributed by atoms with van der Waals surface area (Å²) in [6.07, 6.45) is 17.6. The van der Waals surface area contributed by atoms with Crippen molar-refractivity contribution in [2.45, 2.75) is 136 Å². The summed E-state index contributed by atoms with van der Waals surface area (Å²) in [6.45, 7) is 12.8. The molecule has 0 spiro atoms. The lowest BCUT2D eigenvalue weighted by Gasteiger charge is -2.62. The Morgan fingerprint density at radius 1 is 0.818 bits per heavy atom. The number of rotatable bonds is 11. The predicted molar refractivity (Wildman–Crippen MR) is 176 cm³/mol. The van der Waals surface area contributed by atoms with Gasteiger partial charge in [-0.25, -0.2) is 0 Å². The maximum Gasteiger partial charge on any atom is 0.0893 e.